The number of hydrogen-bond donors (Lipinski definition) is 0. The molecule has 312 valence electrons. The van der Waals surface area contributed by atoms with E-state index in [0.29, 0.717) is 12.8 Å². The first-order valence-electron chi connectivity index (χ1n) is 22.2. The van der Waals surface area contributed by atoms with Gasteiger partial charge in [0.05, 0.1) is 40.3 Å². The van der Waals surface area contributed by atoms with E-state index in [1.807, 2.05) is 0 Å². The molecule has 0 heterocycles. The molecule has 0 bridgehead atoms. The summed E-state index contributed by atoms with van der Waals surface area (Å²) in [7, 11) is 5.40. The fraction of sp³-hybridized carbons (Fsp3) is 0.889. The number of nitrogens with zero attached hydrogens (tertiary/aromatic N) is 1. The number of carbonyl (C=O) groups excluding carboxylic acids is 3. The van der Waals surface area contributed by atoms with Crippen molar-refractivity contribution in [3.63, 3.8) is 0 Å². The van der Waals surface area contributed by atoms with E-state index < -0.39 is 18.1 Å². The Morgan fingerprint density at radius 2 is 0.943 bits per heavy atom. The van der Waals surface area contributed by atoms with Crippen LogP contribution in [0.25, 0.3) is 0 Å². The molecule has 0 spiro atoms. The molecule has 0 aromatic heterocycles. The van der Waals surface area contributed by atoms with Gasteiger partial charge in [0, 0.05) is 19.3 Å². The van der Waals surface area contributed by atoms with Gasteiger partial charge in [-0.1, -0.05) is 161 Å². The van der Waals surface area contributed by atoms with Crippen LogP contribution in [-0.4, -0.2) is 75.5 Å². The van der Waals surface area contributed by atoms with Crippen molar-refractivity contribution in [1.82, 2.24) is 0 Å². The summed E-state index contributed by atoms with van der Waals surface area (Å²) in [5.74, 6) is -1.73. The molecule has 0 aromatic rings. The number of aliphatic carboxylic acids is 1. The molecule has 0 radical (unpaired) electrons. The largest absolute Gasteiger partial charge is 0.544 e. The number of esters is 2. The maximum Gasteiger partial charge on any atom is 0.306 e. The number of carboxylic acids is 1. The van der Waals surface area contributed by atoms with E-state index >= 15 is 0 Å². The molecule has 0 aliphatic rings. The number of rotatable bonds is 40. The van der Waals surface area contributed by atoms with Crippen LogP contribution in [0.2, 0.25) is 0 Å². The summed E-state index contributed by atoms with van der Waals surface area (Å²) >= 11 is 0. The lowest BCUT2D eigenvalue weighted by Gasteiger charge is -2.34. The quantitative estimate of drug-likeness (QED) is 0.0266. The van der Waals surface area contributed by atoms with Crippen molar-refractivity contribution >= 4 is 17.9 Å². The van der Waals surface area contributed by atoms with Gasteiger partial charge in [0.1, 0.15) is 12.6 Å². The van der Waals surface area contributed by atoms with Gasteiger partial charge < -0.3 is 28.6 Å². The van der Waals surface area contributed by atoms with Gasteiger partial charge in [-0.05, 0) is 38.5 Å². The molecule has 0 saturated heterocycles. The summed E-state index contributed by atoms with van der Waals surface area (Å²) in [6.07, 6.45) is 38.2. The Hall–Kier alpha value is -1.93. The summed E-state index contributed by atoms with van der Waals surface area (Å²) in [5, 5.41) is 11.6. The first kappa shape index (κ1) is 51.1. The predicted octanol–water partition coefficient (Wildman–Crippen LogP) is 10.6. The normalized spacial score (nSPS) is 13.0. The summed E-state index contributed by atoms with van der Waals surface area (Å²) < 4.78 is 17.1. The highest BCUT2D eigenvalue weighted by Gasteiger charge is 2.25. The van der Waals surface area contributed by atoms with E-state index in [-0.39, 0.29) is 42.7 Å². The van der Waals surface area contributed by atoms with E-state index in [2.05, 4.69) is 26.0 Å². The second-order valence-corrected chi connectivity index (χ2v) is 16.3. The van der Waals surface area contributed by atoms with Crippen molar-refractivity contribution in [1.29, 1.82) is 0 Å². The molecule has 0 amide bonds. The third-order valence-electron chi connectivity index (χ3n) is 10.2. The van der Waals surface area contributed by atoms with E-state index in [0.717, 1.165) is 38.5 Å². The van der Waals surface area contributed by atoms with Crippen molar-refractivity contribution in [2.75, 3.05) is 41.0 Å². The number of unbranched alkanes of at least 4 members (excludes halogenated alkanes) is 24. The lowest BCUT2D eigenvalue weighted by molar-refractivity contribution is -0.889. The fourth-order valence-electron chi connectivity index (χ4n) is 6.65. The standard InChI is InChI=1S/C45H85NO7/c1-6-8-10-12-14-16-17-18-19-20-21-22-23-24-25-26-27-28-30-31-33-35-43(47)52-40-41(39-51-38-37-42(45(49)50)46(3,4)5)53-44(48)36-34-32-29-15-13-11-9-7-2/h22-23,41-42H,6-21,24-40H2,1-5H3/b23-22+. The molecule has 0 aromatic carbocycles. The van der Waals surface area contributed by atoms with Crippen LogP contribution < -0.4 is 5.11 Å². The number of allylic oxidation sites excluding steroid dienone is 2. The Bertz CT molecular complexity index is 885. The van der Waals surface area contributed by atoms with E-state index in [4.69, 9.17) is 14.2 Å². The molecule has 53 heavy (non-hydrogen) atoms. The Morgan fingerprint density at radius 1 is 0.547 bits per heavy atom. The van der Waals surface area contributed by atoms with E-state index in [9.17, 15) is 19.5 Å². The van der Waals surface area contributed by atoms with E-state index in [1.54, 1.807) is 21.1 Å². The van der Waals surface area contributed by atoms with Crippen molar-refractivity contribution in [3.05, 3.63) is 12.2 Å². The maximum absolute atomic E-state index is 12.6. The Morgan fingerprint density at radius 3 is 1.36 bits per heavy atom. The molecule has 0 rings (SSSR count). The molecule has 2 atom stereocenters. The third-order valence-corrected chi connectivity index (χ3v) is 10.2. The zero-order valence-electron chi connectivity index (χ0n) is 35.4. The zero-order valence-corrected chi connectivity index (χ0v) is 35.4. The molecule has 0 saturated carbocycles. The van der Waals surface area contributed by atoms with Gasteiger partial charge in [-0.3, -0.25) is 9.59 Å². The van der Waals surface area contributed by atoms with Gasteiger partial charge in [-0.15, -0.1) is 0 Å². The number of hydrogen-bond acceptors (Lipinski definition) is 7. The van der Waals surface area contributed by atoms with Gasteiger partial charge in [0.25, 0.3) is 0 Å². The third kappa shape index (κ3) is 35.5. The number of quaternary nitrogens is 1. The lowest BCUT2D eigenvalue weighted by atomic mass is 10.1. The molecule has 2 unspecified atom stereocenters. The SMILES string of the molecule is CCCCCCCCCCCC/C=C/CCCCCCCCCC(=O)OCC(COCCC(C(=O)[O-])[N+](C)(C)C)OC(=O)CCCCCCCCCC. The Kier molecular flexibility index (Phi) is 35.7. The average Bonchev–Trinajstić information content (AvgIpc) is 3.11. The number of carbonyl (C=O) groups is 3. The van der Waals surface area contributed by atoms with Crippen molar-refractivity contribution in [3.8, 4) is 0 Å². The highest BCUT2D eigenvalue weighted by molar-refractivity contribution is 5.70. The first-order valence-corrected chi connectivity index (χ1v) is 22.2. The Labute approximate surface area is 327 Å². The highest BCUT2D eigenvalue weighted by Crippen LogP contribution is 2.15. The minimum absolute atomic E-state index is 0.0442. The molecule has 0 aliphatic heterocycles. The molecular formula is C45H85NO7. The number of likely N-dealkylation sites (N-methyl/N-ethyl adjacent to an activating group) is 1. The van der Waals surface area contributed by atoms with Crippen LogP contribution in [0.15, 0.2) is 12.2 Å². The minimum atomic E-state index is -1.12. The fourth-order valence-corrected chi connectivity index (χ4v) is 6.65. The summed E-state index contributed by atoms with van der Waals surface area (Å²) in [6.45, 7) is 4.64. The number of carboxylic acid groups (broad SMARTS) is 1. The molecule has 8 nitrogen and oxygen atoms in total. The zero-order chi connectivity index (χ0) is 39.3. The highest BCUT2D eigenvalue weighted by atomic mass is 16.6. The van der Waals surface area contributed by atoms with Crippen LogP contribution in [0.3, 0.4) is 0 Å². The van der Waals surface area contributed by atoms with Gasteiger partial charge >= 0.3 is 11.9 Å². The lowest BCUT2D eigenvalue weighted by Crippen LogP contribution is -2.55. The molecule has 0 aliphatic carbocycles. The van der Waals surface area contributed by atoms with Crippen LogP contribution in [-0.2, 0) is 28.6 Å². The van der Waals surface area contributed by atoms with Crippen molar-refractivity contribution in [2.24, 2.45) is 0 Å². The van der Waals surface area contributed by atoms with Crippen LogP contribution in [0.4, 0.5) is 0 Å². The van der Waals surface area contributed by atoms with E-state index in [1.165, 1.54) is 135 Å². The summed E-state index contributed by atoms with van der Waals surface area (Å²) in [6, 6.07) is -0.720. The molecular weight excluding hydrogens is 666 g/mol. The van der Waals surface area contributed by atoms with Gasteiger partial charge in [0.2, 0.25) is 0 Å². The predicted molar refractivity (Wildman–Crippen MR) is 217 cm³/mol. The molecule has 8 heteroatoms. The molecule has 0 N–H and O–H groups in total. The van der Waals surface area contributed by atoms with Crippen LogP contribution in [0, 0.1) is 0 Å². The smallest absolute Gasteiger partial charge is 0.306 e. The van der Waals surface area contributed by atoms with Crippen molar-refractivity contribution < 1.29 is 38.2 Å². The number of ether oxygens (including phenoxy) is 3. The maximum atomic E-state index is 12.6. The molecule has 0 fully saturated rings. The van der Waals surface area contributed by atoms with Gasteiger partial charge in [0.15, 0.2) is 6.10 Å². The van der Waals surface area contributed by atoms with Gasteiger partial charge in [-0.2, -0.15) is 0 Å². The minimum Gasteiger partial charge on any atom is -0.544 e. The van der Waals surface area contributed by atoms with Gasteiger partial charge in [-0.25, -0.2) is 0 Å². The average molecular weight is 752 g/mol. The summed E-state index contributed by atoms with van der Waals surface area (Å²) in [5.41, 5.74) is 0. The first-order chi connectivity index (χ1) is 25.6. The van der Waals surface area contributed by atoms with Crippen LogP contribution >= 0.6 is 0 Å². The second kappa shape index (κ2) is 37.0. The topological polar surface area (TPSA) is 102 Å². The van der Waals surface area contributed by atoms with Crippen LogP contribution in [0.1, 0.15) is 206 Å². The second-order valence-electron chi connectivity index (χ2n) is 16.3. The van der Waals surface area contributed by atoms with Crippen LogP contribution in [0.5, 0.6) is 0 Å². The van der Waals surface area contributed by atoms with Crippen molar-refractivity contribution in [2.45, 2.75) is 219 Å². The Balaban J connectivity index is 4.16. The summed E-state index contributed by atoms with van der Waals surface area (Å²) in [4.78, 5) is 36.7. The monoisotopic (exact) mass is 752 g/mol.